The van der Waals surface area contributed by atoms with Gasteiger partial charge in [0, 0.05) is 32.3 Å². The Bertz CT molecular complexity index is 822. The van der Waals surface area contributed by atoms with E-state index in [2.05, 4.69) is 4.90 Å². The van der Waals surface area contributed by atoms with Gasteiger partial charge in [0.1, 0.15) is 16.4 Å². The van der Waals surface area contributed by atoms with Gasteiger partial charge in [-0.2, -0.15) is 0 Å². The molecule has 1 aliphatic rings. The Morgan fingerprint density at radius 1 is 1.19 bits per heavy atom. The Labute approximate surface area is 150 Å². The molecule has 2 aromatic rings. The van der Waals surface area contributed by atoms with E-state index in [1.807, 2.05) is 24.3 Å². The highest BCUT2D eigenvalue weighted by Gasteiger charge is 2.21. The molecule has 0 saturated carbocycles. The largest absolute Gasteiger partial charge is 0.495 e. The van der Waals surface area contributed by atoms with Crippen LogP contribution in [0, 0.1) is 10.1 Å². The van der Waals surface area contributed by atoms with E-state index in [0.29, 0.717) is 26.2 Å². The molecule has 136 valence electrons. The predicted octanol–water partition coefficient (Wildman–Crippen LogP) is 2.56. The molecule has 8 heteroatoms. The van der Waals surface area contributed by atoms with Crippen molar-refractivity contribution in [1.82, 2.24) is 4.90 Å². The first-order chi connectivity index (χ1) is 12.6. The van der Waals surface area contributed by atoms with Crippen LogP contribution >= 0.6 is 0 Å². The van der Waals surface area contributed by atoms with Gasteiger partial charge >= 0.3 is 5.88 Å². The van der Waals surface area contributed by atoms with E-state index in [-0.39, 0.29) is 17.6 Å². The quantitative estimate of drug-likeness (QED) is 0.464. The number of carbonyl (C=O) groups excluding carboxylic acids is 1. The number of rotatable bonds is 5. The number of hydrogen-bond donors (Lipinski definition) is 0. The predicted molar refractivity (Wildman–Crippen MR) is 96.2 cm³/mol. The van der Waals surface area contributed by atoms with Gasteiger partial charge in [0.15, 0.2) is 0 Å². The average Bonchev–Trinajstić information content (AvgIpc) is 3.15. The van der Waals surface area contributed by atoms with Gasteiger partial charge in [-0.15, -0.1) is 0 Å². The maximum Gasteiger partial charge on any atom is 0.433 e. The van der Waals surface area contributed by atoms with Crippen LogP contribution in [-0.4, -0.2) is 49.0 Å². The van der Waals surface area contributed by atoms with Crippen LogP contribution in [0.4, 0.5) is 11.6 Å². The van der Waals surface area contributed by atoms with Crippen LogP contribution in [0.25, 0.3) is 6.08 Å². The normalized spacial score (nSPS) is 14.7. The van der Waals surface area contributed by atoms with Crippen molar-refractivity contribution in [2.24, 2.45) is 0 Å². The Morgan fingerprint density at radius 3 is 2.58 bits per heavy atom. The van der Waals surface area contributed by atoms with Gasteiger partial charge < -0.3 is 19.0 Å². The number of nitrogens with zero attached hydrogens (tertiary/aromatic N) is 3. The van der Waals surface area contributed by atoms with Crippen LogP contribution in [-0.2, 0) is 4.79 Å². The average molecular weight is 357 g/mol. The molecule has 1 amide bonds. The van der Waals surface area contributed by atoms with E-state index in [9.17, 15) is 14.9 Å². The third-order valence-corrected chi connectivity index (χ3v) is 4.20. The van der Waals surface area contributed by atoms with E-state index in [0.717, 1.165) is 11.4 Å². The highest BCUT2D eigenvalue weighted by Crippen LogP contribution is 2.28. The number of anilines is 1. The van der Waals surface area contributed by atoms with Gasteiger partial charge in [-0.05, 0) is 24.3 Å². The summed E-state index contributed by atoms with van der Waals surface area (Å²) in [4.78, 5) is 26.2. The fourth-order valence-corrected chi connectivity index (χ4v) is 2.85. The van der Waals surface area contributed by atoms with Crippen molar-refractivity contribution in [1.29, 1.82) is 0 Å². The lowest BCUT2D eigenvalue weighted by Gasteiger charge is -2.36. The van der Waals surface area contributed by atoms with Crippen molar-refractivity contribution in [2.45, 2.75) is 0 Å². The van der Waals surface area contributed by atoms with Gasteiger partial charge in [-0.1, -0.05) is 12.1 Å². The zero-order valence-corrected chi connectivity index (χ0v) is 14.3. The minimum atomic E-state index is -0.615. The number of para-hydroxylation sites is 2. The molecule has 1 saturated heterocycles. The molecular formula is C18H19N3O5. The van der Waals surface area contributed by atoms with Gasteiger partial charge in [0.25, 0.3) is 0 Å². The Balaban J connectivity index is 1.58. The highest BCUT2D eigenvalue weighted by atomic mass is 16.6. The van der Waals surface area contributed by atoms with Crippen molar-refractivity contribution >= 4 is 23.6 Å². The maximum absolute atomic E-state index is 12.3. The van der Waals surface area contributed by atoms with Crippen molar-refractivity contribution in [3.05, 3.63) is 58.3 Å². The van der Waals surface area contributed by atoms with E-state index in [1.54, 1.807) is 12.0 Å². The van der Waals surface area contributed by atoms with E-state index in [4.69, 9.17) is 9.15 Å². The number of carbonyl (C=O) groups is 1. The number of piperazine rings is 1. The SMILES string of the molecule is COc1ccccc1N1CCN(C(=O)/C=C/c2ccc([N+](=O)[O-])o2)CC1. The fourth-order valence-electron chi connectivity index (χ4n) is 2.85. The summed E-state index contributed by atoms with van der Waals surface area (Å²) in [7, 11) is 1.64. The number of furan rings is 1. The van der Waals surface area contributed by atoms with Crippen molar-refractivity contribution < 1.29 is 18.9 Å². The molecule has 1 aromatic heterocycles. The van der Waals surface area contributed by atoms with Crippen molar-refractivity contribution in [3.63, 3.8) is 0 Å². The molecule has 0 atom stereocenters. The summed E-state index contributed by atoms with van der Waals surface area (Å²) in [6.07, 6.45) is 2.82. The topological polar surface area (TPSA) is 89.1 Å². The fraction of sp³-hybridized carbons (Fsp3) is 0.278. The Morgan fingerprint density at radius 2 is 1.92 bits per heavy atom. The molecule has 0 N–H and O–H groups in total. The van der Waals surface area contributed by atoms with Crippen molar-refractivity contribution in [3.8, 4) is 5.75 Å². The molecule has 8 nitrogen and oxygen atoms in total. The lowest BCUT2D eigenvalue weighted by molar-refractivity contribution is -0.402. The minimum Gasteiger partial charge on any atom is -0.495 e. The molecule has 0 unspecified atom stereocenters. The van der Waals surface area contributed by atoms with Gasteiger partial charge in [-0.25, -0.2) is 0 Å². The monoisotopic (exact) mass is 357 g/mol. The number of hydrogen-bond acceptors (Lipinski definition) is 6. The molecule has 0 aliphatic carbocycles. The minimum absolute atomic E-state index is 0.149. The van der Waals surface area contributed by atoms with Crippen molar-refractivity contribution in [2.75, 3.05) is 38.2 Å². The van der Waals surface area contributed by atoms with Gasteiger partial charge in [0.05, 0.1) is 18.9 Å². The number of amides is 1. The van der Waals surface area contributed by atoms with Crippen LogP contribution in [0.3, 0.4) is 0 Å². The molecule has 1 fully saturated rings. The molecule has 3 rings (SSSR count). The van der Waals surface area contributed by atoms with Crippen LogP contribution in [0.1, 0.15) is 5.76 Å². The van der Waals surface area contributed by atoms with Crippen LogP contribution < -0.4 is 9.64 Å². The van der Waals surface area contributed by atoms with E-state index >= 15 is 0 Å². The molecule has 1 aromatic carbocycles. The lowest BCUT2D eigenvalue weighted by atomic mass is 10.2. The summed E-state index contributed by atoms with van der Waals surface area (Å²) in [6.45, 7) is 2.57. The second-order valence-corrected chi connectivity index (χ2v) is 5.75. The summed E-state index contributed by atoms with van der Waals surface area (Å²) in [5.74, 6) is 0.593. The van der Waals surface area contributed by atoms with Gasteiger partial charge in [-0.3, -0.25) is 14.9 Å². The summed E-state index contributed by atoms with van der Waals surface area (Å²) < 4.78 is 10.4. The molecule has 0 spiro atoms. The van der Waals surface area contributed by atoms with Crippen LogP contribution in [0.2, 0.25) is 0 Å². The zero-order chi connectivity index (χ0) is 18.5. The summed E-state index contributed by atoms with van der Waals surface area (Å²) in [5.41, 5.74) is 1.01. The molecular weight excluding hydrogens is 338 g/mol. The smallest absolute Gasteiger partial charge is 0.433 e. The first-order valence-corrected chi connectivity index (χ1v) is 8.17. The van der Waals surface area contributed by atoms with E-state index < -0.39 is 4.92 Å². The zero-order valence-electron chi connectivity index (χ0n) is 14.3. The van der Waals surface area contributed by atoms with Gasteiger partial charge in [0.2, 0.25) is 5.91 Å². The molecule has 0 bridgehead atoms. The first-order valence-electron chi connectivity index (χ1n) is 8.17. The molecule has 2 heterocycles. The van der Waals surface area contributed by atoms with Crippen LogP contribution in [0.15, 0.2) is 46.9 Å². The summed E-state index contributed by atoms with van der Waals surface area (Å²) in [6, 6.07) is 10.5. The standard InChI is InChI=1S/C18H19N3O5/c1-25-16-5-3-2-4-15(16)19-10-12-20(13-11-19)17(22)8-6-14-7-9-18(26-14)21(23)24/h2-9H,10-13H2,1H3/b8-6+. The number of nitro groups is 1. The second-order valence-electron chi connectivity index (χ2n) is 5.75. The second kappa shape index (κ2) is 7.73. The number of methoxy groups -OCH3 is 1. The molecule has 26 heavy (non-hydrogen) atoms. The third kappa shape index (κ3) is 3.85. The summed E-state index contributed by atoms with van der Waals surface area (Å²) in [5, 5.41) is 10.6. The number of benzene rings is 1. The first kappa shape index (κ1) is 17.5. The van der Waals surface area contributed by atoms with Crippen LogP contribution in [0.5, 0.6) is 5.75 Å². The molecule has 0 radical (unpaired) electrons. The Kier molecular flexibility index (Phi) is 5.21. The van der Waals surface area contributed by atoms with E-state index in [1.165, 1.54) is 24.3 Å². The maximum atomic E-state index is 12.3. The Hall–Kier alpha value is -3.29. The summed E-state index contributed by atoms with van der Waals surface area (Å²) >= 11 is 0. The molecule has 1 aliphatic heterocycles. The lowest BCUT2D eigenvalue weighted by Crippen LogP contribution is -2.48. The third-order valence-electron chi connectivity index (χ3n) is 4.20. The number of ether oxygens (including phenoxy) is 1. The highest BCUT2D eigenvalue weighted by molar-refractivity contribution is 5.91.